The molecule has 3 rings (SSSR count). The summed E-state index contributed by atoms with van der Waals surface area (Å²) in [6.07, 6.45) is 0. The number of benzene rings is 1. The summed E-state index contributed by atoms with van der Waals surface area (Å²) in [5, 5.41) is 8.42. The summed E-state index contributed by atoms with van der Waals surface area (Å²) < 4.78 is 9.47. The van der Waals surface area contributed by atoms with Crippen molar-refractivity contribution in [3.8, 4) is 5.69 Å². The number of ether oxygens (including phenoxy) is 1. The number of nitrogens with zero attached hydrogens (tertiary/aromatic N) is 5. The summed E-state index contributed by atoms with van der Waals surface area (Å²) in [5.41, 5.74) is 3.31. The van der Waals surface area contributed by atoms with E-state index in [0.29, 0.717) is 11.4 Å². The third-order valence-corrected chi connectivity index (χ3v) is 4.05. The minimum atomic E-state index is 0.621. The van der Waals surface area contributed by atoms with Gasteiger partial charge in [0.2, 0.25) is 4.77 Å². The van der Waals surface area contributed by atoms with Crippen molar-refractivity contribution >= 4 is 12.2 Å². The molecule has 7 heteroatoms. The van der Waals surface area contributed by atoms with Gasteiger partial charge in [0.05, 0.1) is 25.6 Å². The zero-order chi connectivity index (χ0) is 14.8. The smallest absolute Gasteiger partial charge is 0.221 e. The van der Waals surface area contributed by atoms with Crippen LogP contribution in [0.3, 0.4) is 0 Å². The fourth-order valence-corrected chi connectivity index (χ4v) is 2.62. The van der Waals surface area contributed by atoms with Gasteiger partial charge < -0.3 is 4.74 Å². The first-order valence-electron chi connectivity index (χ1n) is 7.06. The monoisotopic (exact) mass is 305 g/mol. The Morgan fingerprint density at radius 2 is 1.95 bits per heavy atom. The van der Waals surface area contributed by atoms with E-state index < -0.39 is 0 Å². The molecule has 0 aliphatic carbocycles. The van der Waals surface area contributed by atoms with Gasteiger partial charge in [-0.25, -0.2) is 4.68 Å². The van der Waals surface area contributed by atoms with E-state index in [0.717, 1.165) is 37.6 Å². The molecule has 0 saturated carbocycles. The van der Waals surface area contributed by atoms with E-state index >= 15 is 0 Å². The van der Waals surface area contributed by atoms with Crippen LogP contribution in [0.4, 0.5) is 0 Å². The molecule has 0 atom stereocenters. The van der Waals surface area contributed by atoms with E-state index in [2.05, 4.69) is 47.4 Å². The highest BCUT2D eigenvalue weighted by atomic mass is 32.1. The second-order valence-corrected chi connectivity index (χ2v) is 5.70. The fourth-order valence-electron chi connectivity index (χ4n) is 2.39. The molecule has 0 unspecified atom stereocenters. The van der Waals surface area contributed by atoms with Gasteiger partial charge in [0.25, 0.3) is 0 Å². The molecule has 1 aliphatic heterocycles. The summed E-state index contributed by atoms with van der Waals surface area (Å²) in [6.45, 7) is 8.10. The van der Waals surface area contributed by atoms with Crippen LogP contribution < -0.4 is 0 Å². The molecule has 6 nitrogen and oxygen atoms in total. The lowest BCUT2D eigenvalue weighted by Crippen LogP contribution is -2.37. The Balaban J connectivity index is 1.88. The number of rotatable bonds is 3. The number of aromatic nitrogens is 4. The molecule has 1 aromatic carbocycles. The quantitative estimate of drug-likeness (QED) is 0.808. The molecule has 0 radical (unpaired) electrons. The molecule has 2 aromatic rings. The Labute approximate surface area is 128 Å². The molecule has 1 aromatic heterocycles. The van der Waals surface area contributed by atoms with Gasteiger partial charge in [0.15, 0.2) is 0 Å². The molecule has 112 valence electrons. The number of hydrogen-bond acceptors (Lipinski definition) is 5. The Bertz CT molecular complexity index is 687. The van der Waals surface area contributed by atoms with Crippen molar-refractivity contribution < 1.29 is 4.74 Å². The number of aryl methyl sites for hydroxylation is 2. The van der Waals surface area contributed by atoms with Gasteiger partial charge in [-0.15, -0.1) is 0 Å². The average Bonchev–Trinajstić information content (AvgIpc) is 2.84. The molecular weight excluding hydrogens is 286 g/mol. The van der Waals surface area contributed by atoms with Gasteiger partial charge in [-0.2, -0.15) is 4.68 Å². The maximum absolute atomic E-state index is 5.52. The van der Waals surface area contributed by atoms with Crippen LogP contribution in [0, 0.1) is 18.6 Å². The second-order valence-electron chi connectivity index (χ2n) is 5.33. The fraction of sp³-hybridized carbons (Fsp3) is 0.500. The van der Waals surface area contributed by atoms with Crippen LogP contribution in [-0.4, -0.2) is 51.0 Å². The molecule has 0 spiro atoms. The Morgan fingerprint density at radius 3 is 2.71 bits per heavy atom. The molecule has 21 heavy (non-hydrogen) atoms. The predicted octanol–water partition coefficient (Wildman–Crippen LogP) is 1.70. The highest BCUT2D eigenvalue weighted by molar-refractivity contribution is 7.71. The number of tetrazole rings is 1. The summed E-state index contributed by atoms with van der Waals surface area (Å²) in [5.74, 6) is 0. The maximum atomic E-state index is 5.52. The molecule has 1 fully saturated rings. The first-order chi connectivity index (χ1) is 10.1. The van der Waals surface area contributed by atoms with Gasteiger partial charge in [-0.1, -0.05) is 12.1 Å². The lowest BCUT2D eigenvalue weighted by molar-refractivity contribution is 0.0207. The van der Waals surface area contributed by atoms with Crippen molar-refractivity contribution in [3.63, 3.8) is 0 Å². The average molecular weight is 305 g/mol. The highest BCUT2D eigenvalue weighted by Crippen LogP contribution is 2.15. The van der Waals surface area contributed by atoms with Crippen LogP contribution in [0.25, 0.3) is 5.69 Å². The highest BCUT2D eigenvalue weighted by Gasteiger charge is 2.14. The van der Waals surface area contributed by atoms with Crippen molar-refractivity contribution in [2.24, 2.45) is 0 Å². The maximum Gasteiger partial charge on any atom is 0.221 e. The largest absolute Gasteiger partial charge is 0.379 e. The predicted molar refractivity (Wildman–Crippen MR) is 82.0 cm³/mol. The molecule has 0 N–H and O–H groups in total. The van der Waals surface area contributed by atoms with Crippen LogP contribution >= 0.6 is 12.2 Å². The number of morpholine rings is 1. The van der Waals surface area contributed by atoms with Crippen LogP contribution in [0.1, 0.15) is 11.1 Å². The lowest BCUT2D eigenvalue weighted by Gasteiger charge is -2.25. The van der Waals surface area contributed by atoms with E-state index in [-0.39, 0.29) is 0 Å². The van der Waals surface area contributed by atoms with Gasteiger partial charge >= 0.3 is 0 Å². The summed E-state index contributed by atoms with van der Waals surface area (Å²) in [6, 6.07) is 6.24. The zero-order valence-electron chi connectivity index (χ0n) is 12.3. The van der Waals surface area contributed by atoms with Crippen LogP contribution in [0.2, 0.25) is 0 Å². The minimum absolute atomic E-state index is 0.621. The Kier molecular flexibility index (Phi) is 4.14. The first-order valence-corrected chi connectivity index (χ1v) is 7.46. The normalized spacial score (nSPS) is 16.3. The standard InChI is InChI=1S/C14H19N5OS/c1-11-3-4-12(2)13(9-11)19-14(21)18(15-16-19)10-17-5-7-20-8-6-17/h3-4,9H,5-8,10H2,1-2H3. The van der Waals surface area contributed by atoms with Gasteiger partial charge in [-0.3, -0.25) is 4.90 Å². The van der Waals surface area contributed by atoms with Gasteiger partial charge in [-0.05, 0) is 53.7 Å². The number of hydrogen-bond donors (Lipinski definition) is 0. The van der Waals surface area contributed by atoms with Crippen molar-refractivity contribution in [2.45, 2.75) is 20.5 Å². The molecule has 1 saturated heterocycles. The molecule has 0 amide bonds. The van der Waals surface area contributed by atoms with Crippen LogP contribution in [0.15, 0.2) is 18.2 Å². The summed E-state index contributed by atoms with van der Waals surface area (Å²) >= 11 is 5.52. The van der Waals surface area contributed by atoms with Gasteiger partial charge in [0, 0.05) is 13.1 Å². The van der Waals surface area contributed by atoms with Crippen molar-refractivity contribution in [1.29, 1.82) is 0 Å². The van der Waals surface area contributed by atoms with Crippen molar-refractivity contribution in [1.82, 2.24) is 24.7 Å². The van der Waals surface area contributed by atoms with E-state index in [1.807, 2.05) is 0 Å². The topological polar surface area (TPSA) is 48.1 Å². The van der Waals surface area contributed by atoms with E-state index in [1.54, 1.807) is 9.36 Å². The molecule has 2 heterocycles. The minimum Gasteiger partial charge on any atom is -0.379 e. The Morgan fingerprint density at radius 1 is 1.19 bits per heavy atom. The molecular formula is C14H19N5OS. The molecule has 0 bridgehead atoms. The zero-order valence-corrected chi connectivity index (χ0v) is 13.1. The van der Waals surface area contributed by atoms with E-state index in [4.69, 9.17) is 17.0 Å². The van der Waals surface area contributed by atoms with E-state index in [1.165, 1.54) is 5.56 Å². The summed E-state index contributed by atoms with van der Waals surface area (Å²) in [4.78, 5) is 2.27. The SMILES string of the molecule is Cc1ccc(C)c(-n2nnn(CN3CCOCC3)c2=S)c1. The lowest BCUT2D eigenvalue weighted by atomic mass is 10.1. The third-order valence-electron chi connectivity index (χ3n) is 3.67. The van der Waals surface area contributed by atoms with Crippen LogP contribution in [-0.2, 0) is 11.4 Å². The van der Waals surface area contributed by atoms with Crippen LogP contribution in [0.5, 0.6) is 0 Å². The first kappa shape index (κ1) is 14.4. The summed E-state index contributed by atoms with van der Waals surface area (Å²) in [7, 11) is 0. The second kappa shape index (κ2) is 6.05. The van der Waals surface area contributed by atoms with Crippen molar-refractivity contribution in [3.05, 3.63) is 34.1 Å². The van der Waals surface area contributed by atoms with Gasteiger partial charge in [0.1, 0.15) is 0 Å². The molecule has 1 aliphatic rings. The third kappa shape index (κ3) is 3.04. The van der Waals surface area contributed by atoms with Crippen molar-refractivity contribution in [2.75, 3.05) is 26.3 Å². The Hall–Kier alpha value is -1.57. The van der Waals surface area contributed by atoms with E-state index in [9.17, 15) is 0 Å².